The number of nitrogens with two attached hydrogens (primary N) is 1. The Kier molecular flexibility index (Phi) is 7.55. The molecule has 0 saturated heterocycles. The van der Waals surface area contributed by atoms with E-state index in [0.29, 0.717) is 16.5 Å². The molecule has 0 spiro atoms. The van der Waals surface area contributed by atoms with Gasteiger partial charge < -0.3 is 11.1 Å². The number of sulfone groups is 1. The molecule has 3 N–H and O–H groups in total. The van der Waals surface area contributed by atoms with Crippen LogP contribution in [0.15, 0.2) is 41.7 Å². The Hall–Kier alpha value is -2.40. The van der Waals surface area contributed by atoms with Crippen molar-refractivity contribution in [1.29, 1.82) is 0 Å². The molecule has 7 nitrogen and oxygen atoms in total. The topological polar surface area (TPSA) is 115 Å². The van der Waals surface area contributed by atoms with E-state index in [9.17, 15) is 21.6 Å². The normalized spacial score (nSPS) is 11.5. The van der Waals surface area contributed by atoms with Gasteiger partial charge in [-0.1, -0.05) is 23.7 Å². The highest BCUT2D eigenvalue weighted by Gasteiger charge is 2.35. The molecule has 1 heterocycles. The number of nitrogens with one attached hydrogen (secondary N) is 1. The van der Waals surface area contributed by atoms with Gasteiger partial charge in [-0.05, 0) is 26.0 Å². The average Bonchev–Trinajstić information content (AvgIpc) is 2.57. The summed E-state index contributed by atoms with van der Waals surface area (Å²) >= 11 is 5.97. The number of carbonyl (C=O) groups is 1. The number of aromatic nitrogens is 2. The molecular weight excluding hydrogens is 409 g/mol. The van der Waals surface area contributed by atoms with E-state index in [4.69, 9.17) is 16.4 Å². The van der Waals surface area contributed by atoms with Crippen LogP contribution in [-0.4, -0.2) is 35.7 Å². The first-order valence-electron chi connectivity index (χ1n) is 7.29. The third-order valence-corrected chi connectivity index (χ3v) is 5.50. The number of hydrogen-bond acceptors (Lipinski definition) is 6. The van der Waals surface area contributed by atoms with Gasteiger partial charge in [-0.15, -0.1) is 0 Å². The van der Waals surface area contributed by atoms with Crippen LogP contribution in [0.1, 0.15) is 13.8 Å². The Bertz CT molecular complexity index is 905. The molecule has 0 unspecified atom stereocenters. The summed E-state index contributed by atoms with van der Waals surface area (Å²) in [6.07, 6.45) is -2.08. The van der Waals surface area contributed by atoms with Crippen LogP contribution in [0.3, 0.4) is 0 Å². The van der Waals surface area contributed by atoms with Gasteiger partial charge in [0.1, 0.15) is 11.3 Å². The summed E-state index contributed by atoms with van der Waals surface area (Å²) in [6, 6.07) is 6.67. The van der Waals surface area contributed by atoms with Crippen LogP contribution in [0.2, 0.25) is 5.02 Å². The summed E-state index contributed by atoms with van der Waals surface area (Å²) in [5.41, 5.74) is 4.25. The predicted molar refractivity (Wildman–Crippen MR) is 94.3 cm³/mol. The van der Waals surface area contributed by atoms with E-state index >= 15 is 0 Å². The highest BCUT2D eigenvalue weighted by Crippen LogP contribution is 2.29. The van der Waals surface area contributed by atoms with E-state index < -0.39 is 27.2 Å². The number of hydrogen-bond donors (Lipinski definition) is 2. The molecule has 2 aromatic rings. The maximum atomic E-state index is 12.3. The van der Waals surface area contributed by atoms with Crippen molar-refractivity contribution in [3.8, 4) is 0 Å². The van der Waals surface area contributed by atoms with Crippen LogP contribution in [0.25, 0.3) is 0 Å². The fourth-order valence-corrected chi connectivity index (χ4v) is 2.96. The second-order valence-electron chi connectivity index (χ2n) is 5.30. The van der Waals surface area contributed by atoms with Crippen LogP contribution >= 0.6 is 11.6 Å². The lowest BCUT2D eigenvalue weighted by Crippen LogP contribution is -2.30. The number of primary amides is 1. The number of nitrogens with zero attached hydrogens (tertiary/aromatic N) is 2. The number of amides is 1. The Morgan fingerprint density at radius 3 is 2.30 bits per heavy atom. The lowest BCUT2D eigenvalue weighted by atomic mass is 10.3. The lowest BCUT2D eigenvalue weighted by Gasteiger charge is -2.14. The molecule has 12 heteroatoms. The minimum Gasteiger partial charge on any atom is -0.362 e. The van der Waals surface area contributed by atoms with Crippen molar-refractivity contribution >= 4 is 38.9 Å². The maximum absolute atomic E-state index is 12.3. The second-order valence-corrected chi connectivity index (χ2v) is 8.18. The van der Waals surface area contributed by atoms with Crippen molar-refractivity contribution in [2.75, 3.05) is 5.32 Å². The van der Waals surface area contributed by atoms with Gasteiger partial charge in [0.25, 0.3) is 0 Å². The summed E-state index contributed by atoms with van der Waals surface area (Å²) in [5, 5.41) is 2.75. The zero-order valence-corrected chi connectivity index (χ0v) is 15.7. The van der Waals surface area contributed by atoms with E-state index in [0.717, 1.165) is 0 Å². The molecule has 27 heavy (non-hydrogen) atoms. The number of para-hydroxylation sites is 1. The number of alkyl halides is 3. The lowest BCUT2D eigenvalue weighted by molar-refractivity contribution is -0.169. The fraction of sp³-hybridized carbons (Fsp3) is 0.267. The highest BCUT2D eigenvalue weighted by molar-refractivity contribution is 7.92. The van der Waals surface area contributed by atoms with Crippen molar-refractivity contribution in [3.05, 3.63) is 41.8 Å². The van der Waals surface area contributed by atoms with E-state index in [2.05, 4.69) is 21.0 Å². The summed E-state index contributed by atoms with van der Waals surface area (Å²) in [6.45, 7) is 3.29. The third-order valence-electron chi connectivity index (χ3n) is 3.01. The van der Waals surface area contributed by atoms with E-state index in [1.807, 2.05) is 0 Å². The van der Waals surface area contributed by atoms with Crippen LogP contribution in [0.5, 0.6) is 0 Å². The Labute approximate surface area is 158 Å². The number of halogens is 4. The van der Waals surface area contributed by atoms with Gasteiger partial charge in [0.2, 0.25) is 0 Å². The Morgan fingerprint density at radius 1 is 1.26 bits per heavy atom. The first-order chi connectivity index (χ1) is 12.4. The quantitative estimate of drug-likeness (QED) is 0.779. The maximum Gasteiger partial charge on any atom is 0.470 e. The molecule has 148 valence electrons. The summed E-state index contributed by atoms with van der Waals surface area (Å²) < 4.78 is 56.8. The van der Waals surface area contributed by atoms with Crippen molar-refractivity contribution in [2.45, 2.75) is 30.2 Å². The van der Waals surface area contributed by atoms with Gasteiger partial charge in [-0.3, -0.25) is 4.79 Å². The van der Waals surface area contributed by atoms with E-state index in [1.54, 1.807) is 38.1 Å². The van der Waals surface area contributed by atoms with Gasteiger partial charge in [-0.25, -0.2) is 18.4 Å². The van der Waals surface area contributed by atoms with Crippen LogP contribution < -0.4 is 11.1 Å². The van der Waals surface area contributed by atoms with Gasteiger partial charge >= 0.3 is 12.1 Å². The Morgan fingerprint density at radius 2 is 1.81 bits per heavy atom. The van der Waals surface area contributed by atoms with Crippen molar-refractivity contribution < 1.29 is 26.4 Å². The van der Waals surface area contributed by atoms with Crippen molar-refractivity contribution in [2.24, 2.45) is 5.73 Å². The minimum absolute atomic E-state index is 0.227. The van der Waals surface area contributed by atoms with Gasteiger partial charge in [-0.2, -0.15) is 13.2 Å². The summed E-state index contributed by atoms with van der Waals surface area (Å²) in [4.78, 5) is 17.1. The molecule has 0 aliphatic carbocycles. The van der Waals surface area contributed by atoms with E-state index in [-0.39, 0.29) is 4.90 Å². The number of benzene rings is 1. The first kappa shape index (κ1) is 22.6. The minimum atomic E-state index is -4.86. The van der Waals surface area contributed by atoms with Crippen molar-refractivity contribution in [1.82, 2.24) is 9.97 Å². The molecule has 0 fully saturated rings. The standard InChI is InChI=1S/C13H14ClN3O2S.C2H2F3NO/c1-9(2)20(18,19)12-6-4-3-5-11(12)17-13-10(14)7-15-8-16-13;3-2(4,5)1(6)7/h3-9H,1-2H3,(H,15,16,17);(H2,6,7). The monoisotopic (exact) mass is 424 g/mol. The molecular formula is C15H16ClF3N4O3S. The third kappa shape index (κ3) is 6.36. The molecule has 1 amide bonds. The molecule has 0 aliphatic heterocycles. The molecule has 0 saturated carbocycles. The molecule has 0 atom stereocenters. The van der Waals surface area contributed by atoms with Crippen LogP contribution in [-0.2, 0) is 14.6 Å². The molecule has 1 aromatic carbocycles. The zero-order chi connectivity index (χ0) is 20.8. The SMILES string of the molecule is CC(C)S(=O)(=O)c1ccccc1Nc1ncncc1Cl.NC(=O)C(F)(F)F. The predicted octanol–water partition coefficient (Wildman–Crippen LogP) is 3.09. The van der Waals surface area contributed by atoms with Crippen molar-refractivity contribution in [3.63, 3.8) is 0 Å². The largest absolute Gasteiger partial charge is 0.470 e. The zero-order valence-electron chi connectivity index (χ0n) is 14.2. The average molecular weight is 425 g/mol. The van der Waals surface area contributed by atoms with Gasteiger partial charge in [0.15, 0.2) is 15.7 Å². The van der Waals surface area contributed by atoms with Crippen LogP contribution in [0, 0.1) is 0 Å². The second kappa shape index (κ2) is 9.00. The number of carbonyl (C=O) groups excluding carboxylic acids is 1. The number of rotatable bonds is 4. The summed E-state index contributed by atoms with van der Waals surface area (Å²) in [7, 11) is -3.39. The fourth-order valence-electron chi connectivity index (χ4n) is 1.60. The van der Waals surface area contributed by atoms with E-state index in [1.165, 1.54) is 12.5 Å². The van der Waals surface area contributed by atoms with Crippen LogP contribution in [0.4, 0.5) is 24.7 Å². The van der Waals surface area contributed by atoms with Gasteiger partial charge in [0.05, 0.1) is 22.0 Å². The molecule has 0 bridgehead atoms. The first-order valence-corrected chi connectivity index (χ1v) is 9.22. The Balaban J connectivity index is 0.000000445. The van der Waals surface area contributed by atoms with Gasteiger partial charge in [0, 0.05) is 0 Å². The molecule has 1 aromatic heterocycles. The smallest absolute Gasteiger partial charge is 0.362 e. The number of anilines is 2. The molecule has 0 aliphatic rings. The molecule has 0 radical (unpaired) electrons. The highest BCUT2D eigenvalue weighted by atomic mass is 35.5. The molecule has 2 rings (SSSR count). The summed E-state index contributed by atoms with van der Waals surface area (Å²) in [5.74, 6) is -1.89.